The number of amides is 1. The molecule has 3 saturated heterocycles. The normalized spacial score (nSPS) is 47.6. The molecular formula is C28H47FN4O2S. The Kier molecular flexibility index (Phi) is 7.39. The maximum atomic E-state index is 14.8. The number of carbonyl (C=O) groups excluding carboxylic acids is 1. The second kappa shape index (κ2) is 10.3. The number of hydrogen-bond donors (Lipinski definition) is 3. The summed E-state index contributed by atoms with van der Waals surface area (Å²) in [6.45, 7) is 7.13. The van der Waals surface area contributed by atoms with E-state index >= 15 is 0 Å². The van der Waals surface area contributed by atoms with Crippen LogP contribution < -0.4 is 10.6 Å². The van der Waals surface area contributed by atoms with Gasteiger partial charge >= 0.3 is 0 Å². The second-order valence-electron chi connectivity index (χ2n) is 12.7. The van der Waals surface area contributed by atoms with Crippen molar-refractivity contribution in [1.82, 2.24) is 20.4 Å². The molecule has 0 aromatic carbocycles. The SMILES string of the molecule is CCC1CC(F)CC2NC(C(=O)N3CCC4C(C3)SC(NC3CC(O)C3)N4CC)CC12C1CCCC1. The van der Waals surface area contributed by atoms with E-state index in [0.29, 0.717) is 42.0 Å². The first-order valence-corrected chi connectivity index (χ1v) is 15.9. The van der Waals surface area contributed by atoms with Crippen molar-refractivity contribution in [2.75, 3.05) is 19.6 Å². The van der Waals surface area contributed by atoms with Crippen LogP contribution in [0.2, 0.25) is 0 Å². The van der Waals surface area contributed by atoms with Gasteiger partial charge in [-0.1, -0.05) is 33.1 Å². The lowest BCUT2D eigenvalue weighted by atomic mass is 9.55. The molecule has 3 saturated carbocycles. The smallest absolute Gasteiger partial charge is 0.239 e. The van der Waals surface area contributed by atoms with Gasteiger partial charge in [0.05, 0.1) is 12.1 Å². The summed E-state index contributed by atoms with van der Waals surface area (Å²) in [6, 6.07) is 0.926. The van der Waals surface area contributed by atoms with Gasteiger partial charge < -0.3 is 15.3 Å². The minimum absolute atomic E-state index is 0.107. The lowest BCUT2D eigenvalue weighted by molar-refractivity contribution is -0.134. The fourth-order valence-corrected chi connectivity index (χ4v) is 11.0. The van der Waals surface area contributed by atoms with E-state index in [0.717, 1.165) is 51.7 Å². The summed E-state index contributed by atoms with van der Waals surface area (Å²) in [5.41, 5.74) is 0.387. The van der Waals surface area contributed by atoms with Gasteiger partial charge in [-0.2, -0.15) is 0 Å². The van der Waals surface area contributed by atoms with Crippen molar-refractivity contribution in [1.29, 1.82) is 0 Å². The van der Waals surface area contributed by atoms with Gasteiger partial charge in [0, 0.05) is 36.5 Å². The first-order valence-electron chi connectivity index (χ1n) is 15.0. The predicted octanol–water partition coefficient (Wildman–Crippen LogP) is 3.49. The Bertz CT molecular complexity index is 808. The standard InChI is InChI=1S/C28H47FN4O2S/c1-3-17-11-19(29)12-25-28(17,18-7-5-6-8-18)15-22(31-25)26(35)32-10-9-23-24(16-32)36-27(33(23)4-2)30-20-13-21(34)14-20/h17-25,27,30-31,34H,3-16H2,1-2H3. The number of halogens is 1. The predicted molar refractivity (Wildman–Crippen MR) is 142 cm³/mol. The minimum atomic E-state index is -0.734. The van der Waals surface area contributed by atoms with Crippen molar-refractivity contribution in [2.45, 2.75) is 132 Å². The number of likely N-dealkylation sites (tertiary alicyclic amines) is 1. The second-order valence-corrected chi connectivity index (χ2v) is 14.1. The van der Waals surface area contributed by atoms with Gasteiger partial charge in [0.25, 0.3) is 0 Å². The van der Waals surface area contributed by atoms with E-state index in [-0.39, 0.29) is 35.0 Å². The van der Waals surface area contributed by atoms with Crippen LogP contribution in [-0.4, -0.2) is 87.6 Å². The summed E-state index contributed by atoms with van der Waals surface area (Å²) in [5, 5.41) is 17.6. The van der Waals surface area contributed by atoms with Gasteiger partial charge in [0.15, 0.2) is 0 Å². The number of fused-ring (bicyclic) bond motifs is 2. The highest BCUT2D eigenvalue weighted by Crippen LogP contribution is 2.59. The quantitative estimate of drug-likeness (QED) is 0.496. The number of thioether (sulfide) groups is 1. The minimum Gasteiger partial charge on any atom is -0.393 e. The summed E-state index contributed by atoms with van der Waals surface area (Å²) in [6.07, 6.45) is 10.2. The van der Waals surface area contributed by atoms with Crippen LogP contribution in [0.3, 0.4) is 0 Å². The third kappa shape index (κ3) is 4.35. The Morgan fingerprint density at radius 2 is 1.94 bits per heavy atom. The molecule has 8 atom stereocenters. The third-order valence-electron chi connectivity index (χ3n) is 11.0. The van der Waals surface area contributed by atoms with Gasteiger partial charge in [0.1, 0.15) is 11.7 Å². The van der Waals surface area contributed by atoms with Crippen LogP contribution in [-0.2, 0) is 4.79 Å². The van der Waals surface area contributed by atoms with Crippen molar-refractivity contribution < 1.29 is 14.3 Å². The zero-order valence-corrected chi connectivity index (χ0v) is 23.0. The molecule has 3 N–H and O–H groups in total. The monoisotopic (exact) mass is 522 g/mol. The van der Waals surface area contributed by atoms with E-state index in [1.165, 1.54) is 25.7 Å². The van der Waals surface area contributed by atoms with E-state index in [4.69, 9.17) is 0 Å². The zero-order valence-electron chi connectivity index (χ0n) is 22.2. The summed E-state index contributed by atoms with van der Waals surface area (Å²) in [4.78, 5) is 18.7. The number of carbonyl (C=O) groups is 1. The summed E-state index contributed by atoms with van der Waals surface area (Å²) in [5.74, 6) is 1.31. The van der Waals surface area contributed by atoms with Gasteiger partial charge in [-0.25, -0.2) is 4.39 Å². The topological polar surface area (TPSA) is 67.8 Å². The summed E-state index contributed by atoms with van der Waals surface area (Å²) < 4.78 is 14.8. The Morgan fingerprint density at radius 1 is 1.17 bits per heavy atom. The first-order chi connectivity index (χ1) is 17.4. The number of nitrogens with zero attached hydrogens (tertiary/aromatic N) is 2. The number of aliphatic hydroxyl groups excluding tert-OH is 1. The molecule has 0 aromatic rings. The molecule has 0 radical (unpaired) electrons. The molecule has 0 bridgehead atoms. The van der Waals surface area contributed by atoms with Gasteiger partial charge in [0.2, 0.25) is 5.91 Å². The van der Waals surface area contributed by atoms with Crippen molar-refractivity contribution in [3.8, 4) is 0 Å². The Labute approximate surface area is 220 Å². The van der Waals surface area contributed by atoms with Crippen LogP contribution in [0.4, 0.5) is 4.39 Å². The van der Waals surface area contributed by atoms with E-state index in [9.17, 15) is 14.3 Å². The number of nitrogens with one attached hydrogen (secondary N) is 2. The Balaban J connectivity index is 1.14. The highest BCUT2D eigenvalue weighted by atomic mass is 32.2. The van der Waals surface area contributed by atoms with Gasteiger partial charge in [-0.05, 0) is 75.2 Å². The largest absolute Gasteiger partial charge is 0.393 e. The Morgan fingerprint density at radius 3 is 2.64 bits per heavy atom. The molecule has 6 aliphatic rings. The molecule has 8 heteroatoms. The number of rotatable bonds is 6. The molecular weight excluding hydrogens is 475 g/mol. The van der Waals surface area contributed by atoms with Crippen LogP contribution in [0.5, 0.6) is 0 Å². The molecule has 6 nitrogen and oxygen atoms in total. The summed E-state index contributed by atoms with van der Waals surface area (Å²) in [7, 11) is 0. The van der Waals surface area contributed by atoms with Gasteiger partial charge in [-0.15, -0.1) is 11.8 Å². The fourth-order valence-electron chi connectivity index (χ4n) is 9.24. The number of aliphatic hydroxyl groups is 1. The highest BCUT2D eigenvalue weighted by molar-refractivity contribution is 8.00. The molecule has 3 heterocycles. The molecule has 0 spiro atoms. The zero-order chi connectivity index (χ0) is 25.0. The van der Waals surface area contributed by atoms with E-state index in [2.05, 4.69) is 34.3 Å². The molecule has 1 amide bonds. The maximum Gasteiger partial charge on any atom is 0.239 e. The molecule has 36 heavy (non-hydrogen) atoms. The van der Waals surface area contributed by atoms with Crippen LogP contribution in [0.15, 0.2) is 0 Å². The van der Waals surface area contributed by atoms with Crippen molar-refractivity contribution in [3.05, 3.63) is 0 Å². The lowest BCUT2D eigenvalue weighted by Crippen LogP contribution is -2.56. The third-order valence-corrected chi connectivity index (χ3v) is 12.5. The molecule has 3 aliphatic carbocycles. The van der Waals surface area contributed by atoms with E-state index in [1.807, 2.05) is 11.8 Å². The number of hydrogen-bond acceptors (Lipinski definition) is 6. The molecule has 8 unspecified atom stereocenters. The molecule has 6 rings (SSSR count). The van der Waals surface area contributed by atoms with Crippen LogP contribution in [0.25, 0.3) is 0 Å². The molecule has 3 aliphatic heterocycles. The van der Waals surface area contributed by atoms with Gasteiger partial charge in [-0.3, -0.25) is 15.0 Å². The Hall–Kier alpha value is -0.410. The summed E-state index contributed by atoms with van der Waals surface area (Å²) >= 11 is 1.98. The molecule has 0 aromatic heterocycles. The average molecular weight is 523 g/mol. The van der Waals surface area contributed by atoms with Crippen LogP contribution in [0, 0.1) is 17.3 Å². The van der Waals surface area contributed by atoms with Crippen molar-refractivity contribution >= 4 is 17.7 Å². The number of piperidine rings is 1. The van der Waals surface area contributed by atoms with Crippen LogP contribution >= 0.6 is 11.8 Å². The average Bonchev–Trinajstić information content (AvgIpc) is 3.58. The maximum absolute atomic E-state index is 14.8. The van der Waals surface area contributed by atoms with Crippen molar-refractivity contribution in [2.24, 2.45) is 17.3 Å². The van der Waals surface area contributed by atoms with E-state index in [1.54, 1.807) is 0 Å². The number of alkyl halides is 1. The molecule has 6 fully saturated rings. The van der Waals surface area contributed by atoms with Crippen LogP contribution in [0.1, 0.15) is 84.5 Å². The first kappa shape index (κ1) is 25.8. The molecule has 204 valence electrons. The van der Waals surface area contributed by atoms with E-state index < -0.39 is 6.17 Å². The lowest BCUT2D eigenvalue weighted by Gasteiger charge is -2.50. The fraction of sp³-hybridized carbons (Fsp3) is 0.964. The van der Waals surface area contributed by atoms with Crippen molar-refractivity contribution in [3.63, 3.8) is 0 Å². The highest BCUT2D eigenvalue weighted by Gasteiger charge is 2.60.